The summed E-state index contributed by atoms with van der Waals surface area (Å²) >= 11 is 0. The van der Waals surface area contributed by atoms with E-state index in [4.69, 9.17) is 5.11 Å². The lowest BCUT2D eigenvalue weighted by molar-refractivity contribution is 0.0681. The fourth-order valence-electron chi connectivity index (χ4n) is 2.81. The lowest BCUT2D eigenvalue weighted by Gasteiger charge is -2.14. The second kappa shape index (κ2) is 6.09. The first-order valence-electron chi connectivity index (χ1n) is 7.26. The molecule has 124 valence electrons. The highest BCUT2D eigenvalue weighted by atomic mass is 16.4. The summed E-state index contributed by atoms with van der Waals surface area (Å²) in [6.45, 7) is 0. The van der Waals surface area contributed by atoms with Crippen molar-refractivity contribution in [2.45, 2.75) is 0 Å². The molecule has 0 unspecified atom stereocenters. The third kappa shape index (κ3) is 2.81. The molecule has 0 atom stereocenters. The van der Waals surface area contributed by atoms with Gasteiger partial charge in [-0.25, -0.2) is 14.4 Å². The molecule has 0 radical (unpaired) electrons. The second-order valence-corrected chi connectivity index (χ2v) is 5.39. The Labute approximate surface area is 141 Å². The van der Waals surface area contributed by atoms with Gasteiger partial charge in [0, 0.05) is 5.56 Å². The molecule has 0 bridgehead atoms. The van der Waals surface area contributed by atoms with Gasteiger partial charge in [0.15, 0.2) is 0 Å². The summed E-state index contributed by atoms with van der Waals surface area (Å²) in [5.74, 6) is -3.78. The molecule has 6 nitrogen and oxygen atoms in total. The van der Waals surface area contributed by atoms with Crippen LogP contribution >= 0.6 is 0 Å². The fraction of sp³-hybridized carbons (Fsp3) is 0. The molecule has 6 heteroatoms. The zero-order valence-electron chi connectivity index (χ0n) is 12.8. The van der Waals surface area contributed by atoms with Crippen molar-refractivity contribution in [1.82, 2.24) is 0 Å². The van der Waals surface area contributed by atoms with Gasteiger partial charge in [-0.3, -0.25) is 0 Å². The number of benzene rings is 3. The third-order valence-corrected chi connectivity index (χ3v) is 3.93. The van der Waals surface area contributed by atoms with Crippen molar-refractivity contribution in [2.24, 2.45) is 0 Å². The van der Waals surface area contributed by atoms with Crippen LogP contribution in [0.5, 0.6) is 0 Å². The predicted molar refractivity (Wildman–Crippen MR) is 90.3 cm³/mol. The Morgan fingerprint density at radius 3 is 2.00 bits per heavy atom. The van der Waals surface area contributed by atoms with Gasteiger partial charge in [-0.15, -0.1) is 0 Å². The van der Waals surface area contributed by atoms with Gasteiger partial charge in [0.05, 0.1) is 16.7 Å². The normalized spacial score (nSPS) is 10.6. The van der Waals surface area contributed by atoms with E-state index in [1.54, 1.807) is 30.3 Å². The van der Waals surface area contributed by atoms with Crippen LogP contribution in [0.4, 0.5) is 0 Å². The molecule has 3 aromatic carbocycles. The Morgan fingerprint density at radius 2 is 1.36 bits per heavy atom. The Morgan fingerprint density at radius 1 is 0.680 bits per heavy atom. The van der Waals surface area contributed by atoms with E-state index in [-0.39, 0.29) is 27.8 Å². The van der Waals surface area contributed by atoms with Crippen LogP contribution in [0.1, 0.15) is 31.1 Å². The highest BCUT2D eigenvalue weighted by Crippen LogP contribution is 2.35. The maximum Gasteiger partial charge on any atom is 0.336 e. The molecule has 0 saturated carbocycles. The average molecular weight is 336 g/mol. The molecular weight excluding hydrogens is 324 g/mol. The number of hydrogen-bond acceptors (Lipinski definition) is 3. The summed E-state index contributed by atoms with van der Waals surface area (Å²) in [4.78, 5) is 34.4. The molecule has 0 heterocycles. The van der Waals surface area contributed by atoms with Crippen molar-refractivity contribution in [3.63, 3.8) is 0 Å². The van der Waals surface area contributed by atoms with Crippen LogP contribution in [-0.2, 0) is 0 Å². The average Bonchev–Trinajstić information content (AvgIpc) is 2.59. The van der Waals surface area contributed by atoms with Crippen molar-refractivity contribution in [1.29, 1.82) is 0 Å². The molecule has 3 N–H and O–H groups in total. The fourth-order valence-corrected chi connectivity index (χ4v) is 2.81. The Bertz CT molecular complexity index is 1040. The van der Waals surface area contributed by atoms with Crippen LogP contribution in [0, 0.1) is 0 Å². The van der Waals surface area contributed by atoms with Gasteiger partial charge in [0.1, 0.15) is 0 Å². The van der Waals surface area contributed by atoms with E-state index in [1.807, 2.05) is 0 Å². The summed E-state index contributed by atoms with van der Waals surface area (Å²) < 4.78 is 0. The molecular formula is C19H12O6. The summed E-state index contributed by atoms with van der Waals surface area (Å²) in [5.41, 5.74) is -0.0899. The molecule has 0 amide bonds. The van der Waals surface area contributed by atoms with E-state index in [0.717, 1.165) is 11.5 Å². The van der Waals surface area contributed by atoms with E-state index in [1.165, 1.54) is 18.2 Å². The Balaban J connectivity index is 2.43. The van der Waals surface area contributed by atoms with E-state index >= 15 is 0 Å². The quantitative estimate of drug-likeness (QED) is 0.671. The van der Waals surface area contributed by atoms with Crippen molar-refractivity contribution in [3.05, 3.63) is 71.3 Å². The van der Waals surface area contributed by atoms with Crippen LogP contribution in [0.15, 0.2) is 54.6 Å². The number of carboxylic acid groups (broad SMARTS) is 3. The van der Waals surface area contributed by atoms with Crippen LogP contribution in [0.3, 0.4) is 0 Å². The zero-order valence-corrected chi connectivity index (χ0v) is 12.8. The van der Waals surface area contributed by atoms with Crippen molar-refractivity contribution in [3.8, 4) is 11.1 Å². The van der Waals surface area contributed by atoms with Gasteiger partial charge in [-0.2, -0.15) is 0 Å². The summed E-state index contributed by atoms with van der Waals surface area (Å²) in [6.07, 6.45) is 0. The molecule has 0 aliphatic heterocycles. The highest BCUT2D eigenvalue weighted by molar-refractivity contribution is 6.11. The number of fused-ring (bicyclic) bond motifs is 1. The Hall–Kier alpha value is -3.67. The van der Waals surface area contributed by atoms with Gasteiger partial charge in [-0.05, 0) is 34.5 Å². The van der Waals surface area contributed by atoms with Gasteiger partial charge in [-0.1, -0.05) is 36.4 Å². The molecule has 25 heavy (non-hydrogen) atoms. The molecule has 0 aromatic heterocycles. The molecule has 0 aliphatic rings. The number of hydrogen-bond donors (Lipinski definition) is 3. The van der Waals surface area contributed by atoms with E-state index in [9.17, 15) is 24.6 Å². The van der Waals surface area contributed by atoms with Crippen LogP contribution in [0.2, 0.25) is 0 Å². The van der Waals surface area contributed by atoms with E-state index in [0.29, 0.717) is 5.39 Å². The Kier molecular flexibility index (Phi) is 3.94. The molecule has 0 saturated heterocycles. The summed E-state index contributed by atoms with van der Waals surface area (Å²) in [6, 6.07) is 13.7. The van der Waals surface area contributed by atoms with Gasteiger partial charge < -0.3 is 15.3 Å². The van der Waals surface area contributed by atoms with Crippen LogP contribution in [-0.4, -0.2) is 33.2 Å². The predicted octanol–water partition coefficient (Wildman–Crippen LogP) is 3.60. The van der Waals surface area contributed by atoms with Gasteiger partial charge in [0.25, 0.3) is 0 Å². The second-order valence-electron chi connectivity index (χ2n) is 5.39. The van der Waals surface area contributed by atoms with Gasteiger partial charge in [0.2, 0.25) is 0 Å². The maximum absolute atomic E-state index is 11.7. The molecule has 0 spiro atoms. The number of carbonyl (C=O) groups is 3. The minimum Gasteiger partial charge on any atom is -0.478 e. The largest absolute Gasteiger partial charge is 0.478 e. The van der Waals surface area contributed by atoms with Gasteiger partial charge >= 0.3 is 17.9 Å². The minimum absolute atomic E-state index is 0.0516. The number of carboxylic acids is 3. The first-order chi connectivity index (χ1) is 11.9. The molecule has 0 aliphatic carbocycles. The highest BCUT2D eigenvalue weighted by Gasteiger charge is 2.21. The lowest BCUT2D eigenvalue weighted by Crippen LogP contribution is -2.07. The topological polar surface area (TPSA) is 112 Å². The van der Waals surface area contributed by atoms with E-state index < -0.39 is 17.9 Å². The zero-order chi connectivity index (χ0) is 18.1. The first kappa shape index (κ1) is 16.2. The lowest BCUT2D eigenvalue weighted by atomic mass is 9.89. The first-order valence-corrected chi connectivity index (χ1v) is 7.26. The third-order valence-electron chi connectivity index (χ3n) is 3.93. The molecule has 3 aromatic rings. The number of rotatable bonds is 4. The summed E-state index contributed by atoms with van der Waals surface area (Å²) in [7, 11) is 0. The summed E-state index contributed by atoms with van der Waals surface area (Å²) in [5, 5.41) is 29.4. The van der Waals surface area contributed by atoms with Crippen molar-refractivity contribution in [2.75, 3.05) is 0 Å². The van der Waals surface area contributed by atoms with Crippen molar-refractivity contribution >= 4 is 28.7 Å². The molecule has 0 fully saturated rings. The molecule has 3 rings (SSSR count). The minimum atomic E-state index is -1.33. The SMILES string of the molecule is O=C(O)c1ccc(-c2c(C(=O)O)ccc3ccccc23)c(C(=O)O)c1. The maximum atomic E-state index is 11.7. The number of aromatic carboxylic acids is 3. The van der Waals surface area contributed by atoms with Crippen LogP contribution in [0.25, 0.3) is 21.9 Å². The standard InChI is InChI=1S/C19H12O6/c20-17(21)11-6-7-13(15(9-11)19(24)25)16-12-4-2-1-3-10(12)5-8-14(16)18(22)23/h1-9H,(H,20,21)(H,22,23)(H,24,25). The van der Waals surface area contributed by atoms with Crippen LogP contribution < -0.4 is 0 Å². The monoisotopic (exact) mass is 336 g/mol. The smallest absolute Gasteiger partial charge is 0.336 e. The van der Waals surface area contributed by atoms with E-state index in [2.05, 4.69) is 0 Å². The van der Waals surface area contributed by atoms with Crippen molar-refractivity contribution < 1.29 is 29.7 Å².